The molecule has 1 N–H and O–H groups in total. The summed E-state index contributed by atoms with van der Waals surface area (Å²) in [5.74, 6) is 0. The molecule has 0 atom stereocenters. The van der Waals surface area contributed by atoms with E-state index in [1.807, 2.05) is 11.9 Å². The Morgan fingerprint density at radius 2 is 1.78 bits per heavy atom. The summed E-state index contributed by atoms with van der Waals surface area (Å²) in [7, 11) is 1.94. The van der Waals surface area contributed by atoms with Gasteiger partial charge in [0.25, 0.3) is 0 Å². The van der Waals surface area contributed by atoms with E-state index in [0.717, 1.165) is 12.8 Å². The van der Waals surface area contributed by atoms with E-state index >= 15 is 0 Å². The number of hydrogen-bond donors (Lipinski definition) is 1. The van der Waals surface area contributed by atoms with Crippen molar-refractivity contribution < 1.29 is 5.11 Å². The highest BCUT2D eigenvalue weighted by Gasteiger charge is 2.06. The Kier molecular flexibility index (Phi) is 4.72. The van der Waals surface area contributed by atoms with Crippen molar-refractivity contribution in [2.24, 2.45) is 0 Å². The fourth-order valence-corrected chi connectivity index (χ4v) is 1.03. The molecule has 9 heavy (non-hydrogen) atoms. The molecule has 0 aliphatic rings. The van der Waals surface area contributed by atoms with Crippen LogP contribution in [0.4, 0.5) is 0 Å². The summed E-state index contributed by atoms with van der Waals surface area (Å²) in [4.78, 5) is 1.96. The van der Waals surface area contributed by atoms with E-state index in [2.05, 4.69) is 13.8 Å². The highest BCUT2D eigenvalue weighted by Crippen LogP contribution is 2.03. The monoisotopic (exact) mass is 131 g/mol. The largest absolute Gasteiger partial charge is 0.381 e. The molecular formula is C7H17NO. The topological polar surface area (TPSA) is 23.5 Å². The second kappa shape index (κ2) is 4.77. The van der Waals surface area contributed by atoms with Gasteiger partial charge in [-0.1, -0.05) is 13.8 Å². The van der Waals surface area contributed by atoms with Crippen molar-refractivity contribution in [3.05, 3.63) is 0 Å². The normalized spacial score (nSPS) is 11.3. The van der Waals surface area contributed by atoms with E-state index in [1.165, 1.54) is 0 Å². The zero-order chi connectivity index (χ0) is 7.28. The first-order valence-corrected chi connectivity index (χ1v) is 3.57. The summed E-state index contributed by atoms with van der Waals surface area (Å²) < 4.78 is 0. The van der Waals surface area contributed by atoms with Crippen molar-refractivity contribution in [2.75, 3.05) is 13.8 Å². The first kappa shape index (κ1) is 8.92. The van der Waals surface area contributed by atoms with Gasteiger partial charge in [-0.2, -0.15) is 0 Å². The molecule has 0 bridgehead atoms. The van der Waals surface area contributed by atoms with Crippen LogP contribution in [0.5, 0.6) is 0 Å². The first-order chi connectivity index (χ1) is 4.26. The van der Waals surface area contributed by atoms with E-state index in [0.29, 0.717) is 6.04 Å². The smallest absolute Gasteiger partial charge is 0.0956 e. The number of aliphatic hydroxyl groups is 1. The molecule has 0 aromatic rings. The van der Waals surface area contributed by atoms with Crippen molar-refractivity contribution in [3.8, 4) is 0 Å². The molecule has 56 valence electrons. The minimum absolute atomic E-state index is 0.173. The lowest BCUT2D eigenvalue weighted by atomic mass is 10.1. The quantitative estimate of drug-likeness (QED) is 0.577. The fraction of sp³-hybridized carbons (Fsp3) is 1.00. The van der Waals surface area contributed by atoms with E-state index < -0.39 is 0 Å². The maximum atomic E-state index is 8.69. The predicted molar refractivity (Wildman–Crippen MR) is 39.2 cm³/mol. The van der Waals surface area contributed by atoms with Crippen LogP contribution in [0.1, 0.15) is 26.7 Å². The lowest BCUT2D eigenvalue weighted by Gasteiger charge is -2.22. The van der Waals surface area contributed by atoms with Gasteiger partial charge in [0.15, 0.2) is 0 Å². The third-order valence-electron chi connectivity index (χ3n) is 1.79. The second-order valence-corrected chi connectivity index (χ2v) is 2.37. The minimum atomic E-state index is 0.173. The van der Waals surface area contributed by atoms with Crippen molar-refractivity contribution in [1.29, 1.82) is 0 Å². The Bertz CT molecular complexity index is 61.9. The predicted octanol–water partition coefficient (Wildman–Crippen LogP) is 1.06. The van der Waals surface area contributed by atoms with E-state index in [9.17, 15) is 0 Å². The Morgan fingerprint density at radius 3 is 1.89 bits per heavy atom. The molecule has 0 spiro atoms. The molecule has 0 heterocycles. The van der Waals surface area contributed by atoms with Gasteiger partial charge in [-0.25, -0.2) is 0 Å². The Labute approximate surface area is 57.5 Å². The Hall–Kier alpha value is -0.0800. The standard InChI is InChI=1S/C7H17NO/c1-4-7(5-2)8(3)6-9/h7,9H,4-6H2,1-3H3. The van der Waals surface area contributed by atoms with Gasteiger partial charge in [0.05, 0.1) is 6.73 Å². The van der Waals surface area contributed by atoms with Crippen molar-refractivity contribution in [3.63, 3.8) is 0 Å². The highest BCUT2D eigenvalue weighted by molar-refractivity contribution is 4.60. The molecule has 0 fully saturated rings. The molecule has 0 aromatic carbocycles. The van der Waals surface area contributed by atoms with Crippen LogP contribution in [0, 0.1) is 0 Å². The Morgan fingerprint density at radius 1 is 1.33 bits per heavy atom. The summed E-state index contributed by atoms with van der Waals surface area (Å²) in [5, 5.41) is 8.69. The molecule has 0 aliphatic carbocycles. The third kappa shape index (κ3) is 2.82. The number of rotatable bonds is 4. The van der Waals surface area contributed by atoms with Crippen LogP contribution in [0.15, 0.2) is 0 Å². The van der Waals surface area contributed by atoms with Crippen LogP contribution < -0.4 is 0 Å². The van der Waals surface area contributed by atoms with Crippen molar-refractivity contribution in [1.82, 2.24) is 4.90 Å². The molecule has 0 rings (SSSR count). The second-order valence-electron chi connectivity index (χ2n) is 2.37. The van der Waals surface area contributed by atoms with Gasteiger partial charge in [0.2, 0.25) is 0 Å². The van der Waals surface area contributed by atoms with Crippen LogP contribution in [0.25, 0.3) is 0 Å². The average molecular weight is 131 g/mol. The van der Waals surface area contributed by atoms with E-state index in [-0.39, 0.29) is 6.73 Å². The van der Waals surface area contributed by atoms with Crippen LogP contribution in [0.3, 0.4) is 0 Å². The van der Waals surface area contributed by atoms with Gasteiger partial charge in [-0.15, -0.1) is 0 Å². The third-order valence-corrected chi connectivity index (χ3v) is 1.79. The Balaban J connectivity index is 3.50. The van der Waals surface area contributed by atoms with E-state index in [1.54, 1.807) is 0 Å². The zero-order valence-electron chi connectivity index (χ0n) is 6.59. The average Bonchev–Trinajstić information content (AvgIpc) is 1.90. The zero-order valence-corrected chi connectivity index (χ0v) is 6.59. The molecule has 2 nitrogen and oxygen atoms in total. The van der Waals surface area contributed by atoms with Gasteiger partial charge in [-0.05, 0) is 19.9 Å². The van der Waals surface area contributed by atoms with Crippen molar-refractivity contribution in [2.45, 2.75) is 32.7 Å². The lowest BCUT2D eigenvalue weighted by Crippen LogP contribution is -2.31. The molecule has 0 saturated carbocycles. The molecule has 0 radical (unpaired) electrons. The van der Waals surface area contributed by atoms with Crippen LogP contribution in [-0.4, -0.2) is 29.8 Å². The van der Waals surface area contributed by atoms with Gasteiger partial charge >= 0.3 is 0 Å². The first-order valence-electron chi connectivity index (χ1n) is 3.57. The van der Waals surface area contributed by atoms with E-state index in [4.69, 9.17) is 5.11 Å². The number of nitrogens with zero attached hydrogens (tertiary/aromatic N) is 1. The minimum Gasteiger partial charge on any atom is -0.381 e. The summed E-state index contributed by atoms with van der Waals surface area (Å²) in [6.07, 6.45) is 2.24. The number of aliphatic hydroxyl groups excluding tert-OH is 1. The molecule has 0 amide bonds. The number of hydrogen-bond acceptors (Lipinski definition) is 2. The summed E-state index contributed by atoms with van der Waals surface area (Å²) >= 11 is 0. The van der Waals surface area contributed by atoms with Gasteiger partial charge in [0, 0.05) is 6.04 Å². The van der Waals surface area contributed by atoms with Crippen LogP contribution in [0.2, 0.25) is 0 Å². The molecule has 2 heteroatoms. The molecule has 0 saturated heterocycles. The SMILES string of the molecule is CCC(CC)N(C)CO. The van der Waals surface area contributed by atoms with Gasteiger partial charge < -0.3 is 5.11 Å². The molecule has 0 aromatic heterocycles. The van der Waals surface area contributed by atoms with Gasteiger partial charge in [-0.3, -0.25) is 4.90 Å². The van der Waals surface area contributed by atoms with Crippen LogP contribution in [-0.2, 0) is 0 Å². The molecule has 0 unspecified atom stereocenters. The maximum Gasteiger partial charge on any atom is 0.0956 e. The highest BCUT2D eigenvalue weighted by atomic mass is 16.3. The van der Waals surface area contributed by atoms with Crippen molar-refractivity contribution >= 4 is 0 Å². The molecule has 0 aliphatic heterocycles. The summed E-state index contributed by atoms with van der Waals surface area (Å²) in [6, 6.07) is 0.551. The van der Waals surface area contributed by atoms with Crippen LogP contribution >= 0.6 is 0 Å². The summed E-state index contributed by atoms with van der Waals surface area (Å²) in [5.41, 5.74) is 0. The fourth-order valence-electron chi connectivity index (χ4n) is 1.03. The molecular weight excluding hydrogens is 114 g/mol. The van der Waals surface area contributed by atoms with Gasteiger partial charge in [0.1, 0.15) is 0 Å². The lowest BCUT2D eigenvalue weighted by molar-refractivity contribution is 0.0893. The summed E-state index contributed by atoms with van der Waals surface area (Å²) in [6.45, 7) is 4.45. The maximum absolute atomic E-state index is 8.69.